The molecule has 2 rings (SSSR count). The Labute approximate surface area is 146 Å². The van der Waals surface area contributed by atoms with Crippen LogP contribution >= 0.6 is 11.6 Å². The molecule has 0 aliphatic heterocycles. The van der Waals surface area contributed by atoms with E-state index in [0.29, 0.717) is 10.8 Å². The minimum Gasteiger partial charge on any atom is -0.480 e. The molecule has 0 amide bonds. The molecule has 0 aliphatic rings. The number of nitro groups is 1. The van der Waals surface area contributed by atoms with E-state index < -0.39 is 23.4 Å². The van der Waals surface area contributed by atoms with Crippen molar-refractivity contribution >= 4 is 40.7 Å². The molecule has 0 fully saturated rings. The summed E-state index contributed by atoms with van der Waals surface area (Å²) in [4.78, 5) is 34.6. The summed E-state index contributed by atoms with van der Waals surface area (Å²) in [6.07, 6.45) is 1.51. The van der Waals surface area contributed by atoms with Crippen molar-refractivity contribution in [2.75, 3.05) is 17.6 Å². The Bertz CT molecular complexity index is 760. The predicted molar refractivity (Wildman–Crippen MR) is 89.8 cm³/mol. The minimum absolute atomic E-state index is 0.103. The average Bonchev–Trinajstić information content (AvgIpc) is 2.55. The van der Waals surface area contributed by atoms with E-state index in [0.717, 1.165) is 18.2 Å². The van der Waals surface area contributed by atoms with Crippen molar-refractivity contribution in [2.45, 2.75) is 0 Å². The summed E-state index contributed by atoms with van der Waals surface area (Å²) in [7, 11) is 0. The maximum atomic E-state index is 10.8. The molecule has 0 bridgehead atoms. The van der Waals surface area contributed by atoms with Gasteiger partial charge in [-0.1, -0.05) is 11.6 Å². The molecule has 1 heterocycles. The Hall–Kier alpha value is -3.40. The van der Waals surface area contributed by atoms with Crippen molar-refractivity contribution < 1.29 is 24.7 Å². The topological polar surface area (TPSA) is 169 Å². The molecule has 0 saturated carbocycles. The number of carboxylic acid groups (broad SMARTS) is 2. The number of aliphatic carboxylic acids is 1. The van der Waals surface area contributed by atoms with E-state index in [1.54, 1.807) is 12.1 Å². The van der Waals surface area contributed by atoms with Crippen molar-refractivity contribution in [3.8, 4) is 0 Å². The molecule has 0 saturated heterocycles. The molecular formula is C14H13ClN4O6. The first-order valence-corrected chi connectivity index (χ1v) is 6.93. The first kappa shape index (κ1) is 19.6. The number of non-ortho nitro benzene ring substituents is 1. The molecule has 11 heteroatoms. The van der Waals surface area contributed by atoms with Crippen molar-refractivity contribution in [1.29, 1.82) is 0 Å². The van der Waals surface area contributed by atoms with Gasteiger partial charge in [0.15, 0.2) is 0 Å². The van der Waals surface area contributed by atoms with Gasteiger partial charge in [0.25, 0.3) is 5.69 Å². The highest BCUT2D eigenvalue weighted by Crippen LogP contribution is 2.22. The lowest BCUT2D eigenvalue weighted by atomic mass is 10.1. The quantitative estimate of drug-likeness (QED) is 0.455. The van der Waals surface area contributed by atoms with E-state index in [4.69, 9.17) is 27.5 Å². The lowest BCUT2D eigenvalue weighted by molar-refractivity contribution is -0.384. The molecule has 25 heavy (non-hydrogen) atoms. The first-order chi connectivity index (χ1) is 11.7. The van der Waals surface area contributed by atoms with Crippen LogP contribution in [0.25, 0.3) is 0 Å². The smallest absolute Gasteiger partial charge is 0.337 e. The number of pyridine rings is 1. The van der Waals surface area contributed by atoms with Crippen LogP contribution in [0.5, 0.6) is 0 Å². The van der Waals surface area contributed by atoms with Gasteiger partial charge in [-0.3, -0.25) is 14.9 Å². The lowest BCUT2D eigenvalue weighted by Crippen LogP contribution is -2.15. The number of rotatable bonds is 5. The monoisotopic (exact) mass is 368 g/mol. The summed E-state index contributed by atoms with van der Waals surface area (Å²) in [5, 5.41) is 30.6. The fourth-order valence-electron chi connectivity index (χ4n) is 1.54. The van der Waals surface area contributed by atoms with Crippen LogP contribution < -0.4 is 11.1 Å². The summed E-state index contributed by atoms with van der Waals surface area (Å²) in [6, 6.07) is 6.42. The summed E-state index contributed by atoms with van der Waals surface area (Å²) >= 11 is 5.49. The van der Waals surface area contributed by atoms with E-state index in [9.17, 15) is 19.7 Å². The number of carbonyl (C=O) groups is 2. The third-order valence-corrected chi connectivity index (χ3v) is 2.85. The Balaban J connectivity index is 0.000000324. The number of hydrogen-bond donors (Lipinski definition) is 4. The van der Waals surface area contributed by atoms with Crippen molar-refractivity contribution in [3.05, 3.63) is 57.2 Å². The second kappa shape index (κ2) is 9.03. The molecule has 0 atom stereocenters. The minimum atomic E-state index is -1.30. The Morgan fingerprint density at radius 3 is 2.40 bits per heavy atom. The van der Waals surface area contributed by atoms with Gasteiger partial charge >= 0.3 is 11.9 Å². The first-order valence-electron chi connectivity index (χ1n) is 6.55. The van der Waals surface area contributed by atoms with Gasteiger partial charge in [-0.15, -0.1) is 0 Å². The number of aromatic nitrogens is 1. The molecule has 10 nitrogen and oxygen atoms in total. The fourth-order valence-corrected chi connectivity index (χ4v) is 1.65. The second-order valence-corrected chi connectivity index (χ2v) is 4.88. The number of nitro benzene ring substituents is 1. The van der Waals surface area contributed by atoms with Gasteiger partial charge in [0.1, 0.15) is 12.4 Å². The third kappa shape index (κ3) is 6.71. The van der Waals surface area contributed by atoms with Crippen LogP contribution in [0.15, 0.2) is 36.5 Å². The standard InChI is InChI=1S/C9H8N2O6.C5H5ClN2/c12-8(13)4-10-7-3-5(11(16)17)1-2-6(7)9(14)15;6-4-1-2-5(7)8-3-4/h1-3,10H,4H2,(H,12,13)(H,14,15);1-3H,(H2,7,8). The van der Waals surface area contributed by atoms with Crippen molar-refractivity contribution in [2.24, 2.45) is 0 Å². The number of aromatic carboxylic acids is 1. The normalized spacial score (nSPS) is 9.48. The van der Waals surface area contributed by atoms with Gasteiger partial charge in [0.05, 0.1) is 21.2 Å². The molecule has 5 N–H and O–H groups in total. The zero-order chi connectivity index (χ0) is 19.0. The largest absolute Gasteiger partial charge is 0.480 e. The zero-order valence-electron chi connectivity index (χ0n) is 12.5. The number of anilines is 2. The Kier molecular flexibility index (Phi) is 7.10. The van der Waals surface area contributed by atoms with E-state index in [2.05, 4.69) is 10.3 Å². The van der Waals surface area contributed by atoms with Gasteiger partial charge in [0.2, 0.25) is 0 Å². The average molecular weight is 369 g/mol. The number of nitrogens with two attached hydrogens (primary N) is 1. The van der Waals surface area contributed by atoms with Crippen LogP contribution in [0.3, 0.4) is 0 Å². The third-order valence-electron chi connectivity index (χ3n) is 2.62. The van der Waals surface area contributed by atoms with Crippen LogP contribution in [0, 0.1) is 10.1 Å². The number of nitrogens with zero attached hydrogens (tertiary/aromatic N) is 2. The van der Waals surface area contributed by atoms with Crippen molar-refractivity contribution in [3.63, 3.8) is 0 Å². The highest BCUT2D eigenvalue weighted by molar-refractivity contribution is 6.30. The van der Waals surface area contributed by atoms with E-state index >= 15 is 0 Å². The van der Waals surface area contributed by atoms with Crippen molar-refractivity contribution in [1.82, 2.24) is 4.98 Å². The summed E-state index contributed by atoms with van der Waals surface area (Å²) in [5.41, 5.74) is 4.61. The van der Waals surface area contributed by atoms with Crippen LogP contribution in [0.2, 0.25) is 5.02 Å². The number of carboxylic acids is 2. The fraction of sp³-hybridized carbons (Fsp3) is 0.0714. The van der Waals surface area contributed by atoms with Gasteiger partial charge in [-0.05, 0) is 18.2 Å². The number of benzene rings is 1. The molecule has 1 aromatic carbocycles. The van der Waals surface area contributed by atoms with Crippen LogP contribution in [-0.4, -0.2) is 38.6 Å². The SMILES string of the molecule is Nc1ccc(Cl)cn1.O=C(O)CNc1cc([N+](=O)[O-])ccc1C(=O)O. The number of halogens is 1. The Morgan fingerprint density at radius 1 is 1.28 bits per heavy atom. The number of hydrogen-bond acceptors (Lipinski definition) is 7. The zero-order valence-corrected chi connectivity index (χ0v) is 13.3. The number of nitrogen functional groups attached to an aromatic ring is 1. The van der Waals surface area contributed by atoms with Gasteiger partial charge in [0, 0.05) is 18.3 Å². The van der Waals surface area contributed by atoms with Crippen LogP contribution in [0.1, 0.15) is 10.4 Å². The summed E-state index contributed by atoms with van der Waals surface area (Å²) < 4.78 is 0. The molecule has 132 valence electrons. The molecule has 0 radical (unpaired) electrons. The Morgan fingerprint density at radius 2 is 1.96 bits per heavy atom. The molecule has 1 aromatic heterocycles. The highest BCUT2D eigenvalue weighted by Gasteiger charge is 2.15. The maximum Gasteiger partial charge on any atom is 0.337 e. The van der Waals surface area contributed by atoms with Crippen LogP contribution in [0.4, 0.5) is 17.2 Å². The lowest BCUT2D eigenvalue weighted by Gasteiger charge is -2.06. The van der Waals surface area contributed by atoms with Gasteiger partial charge in [-0.25, -0.2) is 9.78 Å². The molecular weight excluding hydrogens is 356 g/mol. The summed E-state index contributed by atoms with van der Waals surface area (Å²) in [6.45, 7) is -0.526. The molecule has 0 spiro atoms. The molecule has 0 aliphatic carbocycles. The van der Waals surface area contributed by atoms with E-state index in [1.807, 2.05) is 0 Å². The van der Waals surface area contributed by atoms with E-state index in [1.165, 1.54) is 6.20 Å². The highest BCUT2D eigenvalue weighted by atomic mass is 35.5. The van der Waals surface area contributed by atoms with Gasteiger partial charge in [-0.2, -0.15) is 0 Å². The van der Waals surface area contributed by atoms with Gasteiger partial charge < -0.3 is 21.3 Å². The predicted octanol–water partition coefficient (Wildman–Crippen LogP) is 2.11. The maximum absolute atomic E-state index is 10.8. The molecule has 2 aromatic rings. The van der Waals surface area contributed by atoms with E-state index in [-0.39, 0.29) is 16.9 Å². The second-order valence-electron chi connectivity index (χ2n) is 4.44. The molecule has 0 unspecified atom stereocenters. The summed E-state index contributed by atoms with van der Waals surface area (Å²) in [5.74, 6) is -2.00. The van der Waals surface area contributed by atoms with Crippen LogP contribution in [-0.2, 0) is 4.79 Å². The number of nitrogens with one attached hydrogen (secondary N) is 1.